The number of methoxy groups -OCH3 is 1. The van der Waals surface area contributed by atoms with Gasteiger partial charge in [0.05, 0.1) is 20.3 Å². The first kappa shape index (κ1) is 20.7. The fourth-order valence-electron chi connectivity index (χ4n) is 4.35. The van der Waals surface area contributed by atoms with Crippen molar-refractivity contribution in [1.82, 2.24) is 9.97 Å². The van der Waals surface area contributed by atoms with Gasteiger partial charge in [-0.15, -0.1) is 0 Å². The molecule has 2 aromatic rings. The maximum absolute atomic E-state index is 13.9. The van der Waals surface area contributed by atoms with Gasteiger partial charge in [-0.1, -0.05) is 12.8 Å². The van der Waals surface area contributed by atoms with E-state index >= 15 is 0 Å². The molecule has 2 fully saturated rings. The summed E-state index contributed by atoms with van der Waals surface area (Å²) in [5, 5.41) is 0. The van der Waals surface area contributed by atoms with Crippen molar-refractivity contribution in [3.05, 3.63) is 46.0 Å². The number of nitrogens with one attached hydrogen (secondary N) is 1. The largest absolute Gasteiger partial charge is 0.496 e. The van der Waals surface area contributed by atoms with E-state index < -0.39 is 0 Å². The number of nitrogens with zero attached hydrogens (tertiary/aromatic N) is 3. The Morgan fingerprint density at radius 3 is 2.83 bits per heavy atom. The average molecular weight is 416 g/mol. The molecule has 0 radical (unpaired) electrons. The van der Waals surface area contributed by atoms with Gasteiger partial charge in [0.15, 0.2) is 0 Å². The summed E-state index contributed by atoms with van der Waals surface area (Å²) >= 11 is 0. The number of halogens is 1. The zero-order valence-corrected chi connectivity index (χ0v) is 17.4. The van der Waals surface area contributed by atoms with E-state index in [0.717, 1.165) is 50.9 Å². The number of morpholine rings is 1. The molecule has 2 aliphatic rings. The topological polar surface area (TPSA) is 70.7 Å². The summed E-state index contributed by atoms with van der Waals surface area (Å²) in [6, 6.07) is 6.29. The molecule has 4 rings (SSSR count). The summed E-state index contributed by atoms with van der Waals surface area (Å²) in [6.45, 7) is 3.52. The van der Waals surface area contributed by atoms with Crippen LogP contribution < -0.4 is 20.1 Å². The highest BCUT2D eigenvalue weighted by Gasteiger charge is 2.26. The van der Waals surface area contributed by atoms with Crippen LogP contribution in [0.4, 0.5) is 16.2 Å². The van der Waals surface area contributed by atoms with Gasteiger partial charge in [0.2, 0.25) is 5.95 Å². The predicted molar refractivity (Wildman–Crippen MR) is 114 cm³/mol. The lowest BCUT2D eigenvalue weighted by molar-refractivity contribution is 0.122. The van der Waals surface area contributed by atoms with E-state index in [1.807, 2.05) is 0 Å². The summed E-state index contributed by atoms with van der Waals surface area (Å²) in [4.78, 5) is 24.5. The van der Waals surface area contributed by atoms with E-state index in [2.05, 4.69) is 14.8 Å². The van der Waals surface area contributed by atoms with E-state index in [1.165, 1.54) is 6.07 Å². The second-order valence-corrected chi connectivity index (χ2v) is 7.88. The number of anilines is 2. The standard InChI is InChI=1S/C22H29FN4O3/c1-29-19-7-6-17(23)13-16(19)14-18-5-3-2-4-8-27(18)22-24-20(15-21(28)25-22)26-9-11-30-12-10-26/h6-7,13,15,18H,2-5,8-12,14H2,1H3,(H,24,25,28). The van der Waals surface area contributed by atoms with Crippen LogP contribution in [0, 0.1) is 5.82 Å². The molecular weight excluding hydrogens is 387 g/mol. The second kappa shape index (κ2) is 9.47. The van der Waals surface area contributed by atoms with E-state index in [-0.39, 0.29) is 17.4 Å². The fourth-order valence-corrected chi connectivity index (χ4v) is 4.35. The molecule has 0 spiro atoms. The summed E-state index contributed by atoms with van der Waals surface area (Å²) in [7, 11) is 1.60. The highest BCUT2D eigenvalue weighted by molar-refractivity contribution is 5.45. The van der Waals surface area contributed by atoms with Crippen molar-refractivity contribution in [1.29, 1.82) is 0 Å². The third-order valence-corrected chi connectivity index (χ3v) is 5.90. The number of aromatic nitrogens is 2. The Morgan fingerprint density at radius 1 is 1.20 bits per heavy atom. The molecule has 2 aliphatic heterocycles. The van der Waals surface area contributed by atoms with Crippen molar-refractivity contribution < 1.29 is 13.9 Å². The molecule has 1 atom stereocenters. The minimum absolute atomic E-state index is 0.103. The molecule has 1 N–H and O–H groups in total. The zero-order chi connectivity index (χ0) is 20.9. The smallest absolute Gasteiger partial charge is 0.254 e. The Bertz CT molecular complexity index is 913. The number of H-pyrrole nitrogens is 1. The fraction of sp³-hybridized carbons (Fsp3) is 0.545. The number of hydrogen-bond acceptors (Lipinski definition) is 6. The molecule has 0 bridgehead atoms. The number of ether oxygens (including phenoxy) is 2. The SMILES string of the molecule is COc1ccc(F)cc1CC1CCCCCN1c1nc(N2CCOCC2)cc(=O)[nH]1. The van der Waals surface area contributed by atoms with Gasteiger partial charge in [0.1, 0.15) is 17.4 Å². The van der Waals surface area contributed by atoms with Crippen molar-refractivity contribution in [3.8, 4) is 5.75 Å². The van der Waals surface area contributed by atoms with Crippen LogP contribution in [0.25, 0.3) is 0 Å². The molecule has 8 heteroatoms. The van der Waals surface area contributed by atoms with Gasteiger partial charge in [0.25, 0.3) is 5.56 Å². The van der Waals surface area contributed by atoms with Crippen LogP contribution in [0.1, 0.15) is 31.2 Å². The monoisotopic (exact) mass is 416 g/mol. The van der Waals surface area contributed by atoms with Gasteiger partial charge < -0.3 is 19.3 Å². The van der Waals surface area contributed by atoms with Crippen LogP contribution in [0.3, 0.4) is 0 Å². The first-order valence-electron chi connectivity index (χ1n) is 10.7. The zero-order valence-electron chi connectivity index (χ0n) is 17.4. The molecule has 0 saturated carbocycles. The van der Waals surface area contributed by atoms with Crippen LogP contribution in [0.5, 0.6) is 5.75 Å². The maximum atomic E-state index is 13.9. The number of rotatable bonds is 5. The Kier molecular flexibility index (Phi) is 6.52. The third-order valence-electron chi connectivity index (χ3n) is 5.90. The lowest BCUT2D eigenvalue weighted by atomic mass is 10.00. The molecule has 3 heterocycles. The molecule has 0 amide bonds. The molecule has 30 heavy (non-hydrogen) atoms. The Morgan fingerprint density at radius 2 is 2.03 bits per heavy atom. The lowest BCUT2D eigenvalue weighted by Gasteiger charge is -2.33. The van der Waals surface area contributed by atoms with Gasteiger partial charge >= 0.3 is 0 Å². The molecule has 1 unspecified atom stereocenters. The highest BCUT2D eigenvalue weighted by Crippen LogP contribution is 2.28. The Balaban J connectivity index is 1.64. The van der Waals surface area contributed by atoms with E-state index in [1.54, 1.807) is 25.3 Å². The Hall–Kier alpha value is -2.61. The summed E-state index contributed by atoms with van der Waals surface area (Å²) in [6.07, 6.45) is 4.83. The molecule has 1 aromatic heterocycles. The minimum Gasteiger partial charge on any atom is -0.496 e. The van der Waals surface area contributed by atoms with Crippen LogP contribution >= 0.6 is 0 Å². The first-order valence-corrected chi connectivity index (χ1v) is 10.7. The third kappa shape index (κ3) is 4.75. The van der Waals surface area contributed by atoms with Crippen molar-refractivity contribution in [2.24, 2.45) is 0 Å². The number of aromatic amines is 1. The number of hydrogen-bond donors (Lipinski definition) is 1. The van der Waals surface area contributed by atoms with Crippen LogP contribution in [-0.2, 0) is 11.2 Å². The van der Waals surface area contributed by atoms with Crippen LogP contribution in [0.15, 0.2) is 29.1 Å². The minimum atomic E-state index is -0.271. The highest BCUT2D eigenvalue weighted by atomic mass is 19.1. The van der Waals surface area contributed by atoms with Gasteiger partial charge in [0, 0.05) is 31.7 Å². The van der Waals surface area contributed by atoms with Gasteiger partial charge in [-0.3, -0.25) is 9.78 Å². The molecular formula is C22H29FN4O3. The summed E-state index contributed by atoms with van der Waals surface area (Å²) < 4.78 is 24.8. The van der Waals surface area contributed by atoms with Crippen molar-refractivity contribution in [2.75, 3.05) is 49.8 Å². The van der Waals surface area contributed by atoms with Gasteiger partial charge in [-0.25, -0.2) is 4.39 Å². The second-order valence-electron chi connectivity index (χ2n) is 7.88. The van der Waals surface area contributed by atoms with E-state index in [9.17, 15) is 9.18 Å². The molecule has 162 valence electrons. The molecule has 0 aliphatic carbocycles. The van der Waals surface area contributed by atoms with Crippen LogP contribution in [-0.4, -0.2) is 56.0 Å². The van der Waals surface area contributed by atoms with E-state index in [4.69, 9.17) is 14.5 Å². The van der Waals surface area contributed by atoms with Crippen molar-refractivity contribution >= 4 is 11.8 Å². The summed E-state index contributed by atoms with van der Waals surface area (Å²) in [5.74, 6) is 1.69. The van der Waals surface area contributed by atoms with Gasteiger partial charge in [-0.2, -0.15) is 4.98 Å². The normalized spacial score (nSPS) is 20.1. The molecule has 1 aromatic carbocycles. The molecule has 2 saturated heterocycles. The van der Waals surface area contributed by atoms with Gasteiger partial charge in [-0.05, 0) is 43.0 Å². The average Bonchev–Trinajstić information content (AvgIpc) is 2.99. The predicted octanol–water partition coefficient (Wildman–Crippen LogP) is 2.75. The maximum Gasteiger partial charge on any atom is 0.254 e. The van der Waals surface area contributed by atoms with Crippen LogP contribution in [0.2, 0.25) is 0 Å². The Labute approximate surface area is 175 Å². The quantitative estimate of drug-likeness (QED) is 0.808. The van der Waals surface area contributed by atoms with E-state index in [0.29, 0.717) is 37.2 Å². The molecule has 7 nitrogen and oxygen atoms in total. The summed E-state index contributed by atoms with van der Waals surface area (Å²) in [5.41, 5.74) is 0.675. The first-order chi connectivity index (χ1) is 14.6. The van der Waals surface area contributed by atoms with Crippen molar-refractivity contribution in [2.45, 2.75) is 38.1 Å². The lowest BCUT2D eigenvalue weighted by Crippen LogP contribution is -2.41. The van der Waals surface area contributed by atoms with Crippen molar-refractivity contribution in [3.63, 3.8) is 0 Å². The number of benzene rings is 1.